The van der Waals surface area contributed by atoms with Crippen molar-refractivity contribution in [3.63, 3.8) is 0 Å². The molecule has 1 unspecified atom stereocenters. The summed E-state index contributed by atoms with van der Waals surface area (Å²) in [7, 11) is 0. The highest BCUT2D eigenvalue weighted by molar-refractivity contribution is 5.94. The number of likely N-dealkylation sites (tertiary alicyclic amines) is 2. The fraction of sp³-hybridized carbons (Fsp3) is 0.615. The first-order chi connectivity index (χ1) is 24.2. The maximum absolute atomic E-state index is 13.6. The number of phenolic OH excluding ortho intramolecular Hbond substituents is 1. The van der Waals surface area contributed by atoms with Crippen molar-refractivity contribution in [2.45, 2.75) is 134 Å². The van der Waals surface area contributed by atoms with E-state index >= 15 is 0 Å². The zero-order chi connectivity index (χ0) is 36.1. The zero-order valence-corrected chi connectivity index (χ0v) is 29.8. The van der Waals surface area contributed by atoms with E-state index in [0.717, 1.165) is 51.4 Å². The lowest BCUT2D eigenvalue weighted by Crippen LogP contribution is -2.54. The first-order valence-electron chi connectivity index (χ1n) is 18.7. The first-order valence-corrected chi connectivity index (χ1v) is 18.7. The highest BCUT2D eigenvalue weighted by Crippen LogP contribution is 2.26. The molecule has 50 heavy (non-hydrogen) atoms. The van der Waals surface area contributed by atoms with Crippen LogP contribution in [-0.4, -0.2) is 87.4 Å². The molecule has 0 aromatic heterocycles. The van der Waals surface area contributed by atoms with E-state index in [4.69, 9.17) is 0 Å². The molecule has 4 amide bonds. The number of aromatic hydroxyl groups is 1. The van der Waals surface area contributed by atoms with E-state index in [0.29, 0.717) is 44.3 Å². The predicted octanol–water partition coefficient (Wildman–Crippen LogP) is 5.42. The van der Waals surface area contributed by atoms with E-state index in [2.05, 4.69) is 41.9 Å². The zero-order valence-electron chi connectivity index (χ0n) is 29.8. The summed E-state index contributed by atoms with van der Waals surface area (Å²) in [6, 6.07) is 3.47. The average Bonchev–Trinajstić information content (AvgIpc) is 3.80. The van der Waals surface area contributed by atoms with Gasteiger partial charge < -0.3 is 30.6 Å². The van der Waals surface area contributed by atoms with Crippen molar-refractivity contribution in [2.24, 2.45) is 0 Å². The van der Waals surface area contributed by atoms with E-state index in [9.17, 15) is 34.2 Å². The average molecular weight is 695 g/mol. The minimum Gasteiger partial charge on any atom is -0.508 e. The molecule has 2 aliphatic heterocycles. The van der Waals surface area contributed by atoms with Gasteiger partial charge in [0.1, 0.15) is 23.9 Å². The summed E-state index contributed by atoms with van der Waals surface area (Å²) < 4.78 is 0. The van der Waals surface area contributed by atoms with E-state index in [1.165, 1.54) is 42.7 Å². The number of carboxylic acids is 1. The molecular formula is C39H58N4O7. The van der Waals surface area contributed by atoms with Gasteiger partial charge >= 0.3 is 5.97 Å². The Balaban J connectivity index is 1.35. The van der Waals surface area contributed by atoms with Crippen LogP contribution in [0.2, 0.25) is 0 Å². The second-order valence-corrected chi connectivity index (χ2v) is 13.5. The lowest BCUT2D eigenvalue weighted by Gasteiger charge is -2.31. The number of phenols is 1. The van der Waals surface area contributed by atoms with Crippen LogP contribution in [0, 0.1) is 0 Å². The number of allylic oxidation sites excluding steroid dienone is 4. The van der Waals surface area contributed by atoms with Crippen LogP contribution in [0.1, 0.15) is 115 Å². The molecule has 0 radical (unpaired) electrons. The molecule has 3 rings (SSSR count). The summed E-state index contributed by atoms with van der Waals surface area (Å²) in [5.41, 5.74) is 0.616. The molecule has 0 bridgehead atoms. The number of unbranched alkanes of at least 4 members (excludes halogenated alkanes) is 8. The number of carbonyl (C=O) groups excluding carboxylic acids is 4. The van der Waals surface area contributed by atoms with Crippen LogP contribution >= 0.6 is 0 Å². The fourth-order valence-corrected chi connectivity index (χ4v) is 6.65. The third-order valence-corrected chi connectivity index (χ3v) is 9.47. The second kappa shape index (κ2) is 22.5. The van der Waals surface area contributed by atoms with Crippen LogP contribution in [0.3, 0.4) is 0 Å². The number of benzene rings is 1. The summed E-state index contributed by atoms with van der Waals surface area (Å²) in [4.78, 5) is 67.4. The van der Waals surface area contributed by atoms with Gasteiger partial charge in [-0.3, -0.25) is 19.2 Å². The molecule has 2 fully saturated rings. The predicted molar refractivity (Wildman–Crippen MR) is 193 cm³/mol. The van der Waals surface area contributed by atoms with Crippen molar-refractivity contribution >= 4 is 29.6 Å². The molecule has 4 N–H and O–H groups in total. The van der Waals surface area contributed by atoms with Crippen molar-refractivity contribution in [3.8, 4) is 5.75 Å². The molecule has 0 aliphatic carbocycles. The Morgan fingerprint density at radius 3 is 2.12 bits per heavy atom. The van der Waals surface area contributed by atoms with Crippen LogP contribution in [0.25, 0.3) is 0 Å². The van der Waals surface area contributed by atoms with E-state index in [1.807, 2.05) is 0 Å². The molecule has 0 spiro atoms. The van der Waals surface area contributed by atoms with Crippen LogP contribution in [-0.2, 0) is 30.4 Å². The van der Waals surface area contributed by atoms with Crippen molar-refractivity contribution in [2.75, 3.05) is 19.6 Å². The normalized spacial score (nSPS) is 18.2. The van der Waals surface area contributed by atoms with E-state index in [-0.39, 0.29) is 24.0 Å². The summed E-state index contributed by atoms with van der Waals surface area (Å²) in [6.45, 7) is 2.73. The van der Waals surface area contributed by atoms with Crippen molar-refractivity contribution in [1.29, 1.82) is 0 Å². The standard InChI is InChI=1S/C39H58N4O7/c1-2-3-4-5-6-7-8-9-10-11-12-13-14-15-16-21-36(46)42-26-18-20-34(42)38(48)43-27-17-19-33(43)37(47)40-29-35(45)41-32(39(49)50)28-30-22-24-31(44)25-23-30/h6-7,9-10,22-25,32-34,44H,2-5,8,11-21,26-29H2,1H3,(H,40,47)(H,41,45)(H,49,50)/b7-6-,10-9-/t32-,33-,34?/m0/s1. The van der Waals surface area contributed by atoms with Crippen LogP contribution < -0.4 is 10.6 Å². The highest BCUT2D eigenvalue weighted by atomic mass is 16.4. The third-order valence-electron chi connectivity index (χ3n) is 9.47. The number of carbonyl (C=O) groups is 5. The Labute approximate surface area is 297 Å². The number of nitrogens with zero attached hydrogens (tertiary/aromatic N) is 2. The summed E-state index contributed by atoms with van der Waals surface area (Å²) in [5.74, 6) is -2.55. The summed E-state index contributed by atoms with van der Waals surface area (Å²) in [5, 5.41) is 24.0. The molecule has 1 aromatic rings. The highest BCUT2D eigenvalue weighted by Gasteiger charge is 2.42. The maximum Gasteiger partial charge on any atom is 0.326 e. The number of rotatable bonds is 22. The lowest BCUT2D eigenvalue weighted by atomic mass is 10.1. The minimum absolute atomic E-state index is 0.00634. The molecule has 1 aromatic carbocycles. The molecule has 3 atom stereocenters. The van der Waals surface area contributed by atoms with Gasteiger partial charge in [-0.25, -0.2) is 4.79 Å². The van der Waals surface area contributed by atoms with Crippen molar-refractivity contribution < 1.29 is 34.2 Å². The number of carboxylic acid groups (broad SMARTS) is 1. The van der Waals surface area contributed by atoms with Gasteiger partial charge in [-0.15, -0.1) is 0 Å². The summed E-state index contributed by atoms with van der Waals surface area (Å²) in [6.07, 6.45) is 24.0. The lowest BCUT2D eigenvalue weighted by molar-refractivity contribution is -0.146. The van der Waals surface area contributed by atoms with Gasteiger partial charge in [0, 0.05) is 25.9 Å². The van der Waals surface area contributed by atoms with Crippen LogP contribution in [0.5, 0.6) is 5.75 Å². The van der Waals surface area contributed by atoms with Gasteiger partial charge in [-0.05, 0) is 81.9 Å². The van der Waals surface area contributed by atoms with Gasteiger partial charge in [0.05, 0.1) is 6.54 Å². The molecular weight excluding hydrogens is 636 g/mol. The fourth-order valence-electron chi connectivity index (χ4n) is 6.65. The molecule has 0 saturated carbocycles. The van der Waals surface area contributed by atoms with Gasteiger partial charge in [-0.2, -0.15) is 0 Å². The Kier molecular flexibility index (Phi) is 18.2. The molecule has 2 heterocycles. The monoisotopic (exact) mass is 694 g/mol. The smallest absolute Gasteiger partial charge is 0.326 e. The molecule has 11 heteroatoms. The van der Waals surface area contributed by atoms with E-state index in [1.54, 1.807) is 17.0 Å². The number of nitrogens with one attached hydrogen (secondary N) is 2. The minimum atomic E-state index is -1.23. The van der Waals surface area contributed by atoms with Gasteiger partial charge in [0.2, 0.25) is 23.6 Å². The molecule has 11 nitrogen and oxygen atoms in total. The third kappa shape index (κ3) is 14.0. The van der Waals surface area contributed by atoms with Crippen molar-refractivity contribution in [3.05, 3.63) is 54.1 Å². The topological polar surface area (TPSA) is 156 Å². The number of aliphatic carboxylic acids is 1. The van der Waals surface area contributed by atoms with Crippen LogP contribution in [0.4, 0.5) is 0 Å². The van der Waals surface area contributed by atoms with Gasteiger partial charge in [0.15, 0.2) is 0 Å². The molecule has 276 valence electrons. The number of amides is 4. The van der Waals surface area contributed by atoms with Crippen LogP contribution in [0.15, 0.2) is 48.6 Å². The molecule has 2 saturated heterocycles. The maximum atomic E-state index is 13.6. The summed E-state index contributed by atoms with van der Waals surface area (Å²) >= 11 is 0. The largest absolute Gasteiger partial charge is 0.508 e. The molecule has 2 aliphatic rings. The number of hydrogen-bond donors (Lipinski definition) is 4. The Morgan fingerprint density at radius 2 is 1.44 bits per heavy atom. The van der Waals surface area contributed by atoms with E-state index < -0.39 is 42.5 Å². The van der Waals surface area contributed by atoms with Crippen molar-refractivity contribution in [1.82, 2.24) is 20.4 Å². The Bertz CT molecular complexity index is 1300. The quantitative estimate of drug-likeness (QED) is 0.0934. The number of hydrogen-bond acceptors (Lipinski definition) is 6. The Hall–Kier alpha value is -4.15. The second-order valence-electron chi connectivity index (χ2n) is 13.5. The van der Waals surface area contributed by atoms with Gasteiger partial charge in [0.25, 0.3) is 0 Å². The van der Waals surface area contributed by atoms with Gasteiger partial charge in [-0.1, -0.05) is 75.5 Å². The Morgan fingerprint density at radius 1 is 0.820 bits per heavy atom. The first kappa shape index (κ1) is 40.3. The SMILES string of the molecule is CCCCC/C=C\C/C=C\CCCCCCCC(=O)N1CCCC1C(=O)N1CCC[C@H]1C(=O)NCC(=O)N[C@@H](Cc1ccc(O)cc1)C(=O)O.